The maximum atomic E-state index is 12.7. The van der Waals surface area contributed by atoms with Crippen molar-refractivity contribution in [2.45, 2.75) is 44.2 Å². The molecular weight excluding hydrogens is 618 g/mol. The average molecular weight is 660 g/mol. The Labute approximate surface area is 286 Å². The minimum atomic E-state index is -0.770. The van der Waals surface area contributed by atoms with Crippen LogP contribution >= 0.6 is 0 Å². The van der Waals surface area contributed by atoms with E-state index in [1.54, 1.807) is 48.8 Å². The molecule has 1 aromatic heterocycles. The number of nitrogens with zero attached hydrogens (tertiary/aromatic N) is 2. The van der Waals surface area contributed by atoms with Gasteiger partial charge in [0.2, 0.25) is 0 Å². The molecule has 5 aromatic rings. The number of benzene rings is 4. The van der Waals surface area contributed by atoms with Crippen LogP contribution < -0.4 is 5.32 Å². The van der Waals surface area contributed by atoms with E-state index >= 15 is 0 Å². The highest BCUT2D eigenvalue weighted by molar-refractivity contribution is 5.93. The van der Waals surface area contributed by atoms with Gasteiger partial charge in [-0.2, -0.15) is 0 Å². The van der Waals surface area contributed by atoms with Crippen LogP contribution in [0, 0.1) is 0 Å². The van der Waals surface area contributed by atoms with Gasteiger partial charge in [0.25, 0.3) is 5.91 Å². The summed E-state index contributed by atoms with van der Waals surface area (Å²) in [4.78, 5) is 18.7. The number of rotatable bonds is 12. The number of pyridine rings is 1. The van der Waals surface area contributed by atoms with Gasteiger partial charge in [0.05, 0.1) is 30.5 Å². The number of aromatic hydroxyl groups is 1. The number of hydrogen-bond acceptors (Lipinski definition) is 8. The Morgan fingerprint density at radius 2 is 1.71 bits per heavy atom. The maximum absolute atomic E-state index is 12.7. The van der Waals surface area contributed by atoms with Crippen LogP contribution in [0.25, 0.3) is 11.1 Å². The fourth-order valence-corrected chi connectivity index (χ4v) is 6.14. The number of carbonyl (C=O) groups excluding carboxylic acids is 1. The van der Waals surface area contributed by atoms with Crippen molar-refractivity contribution in [3.8, 4) is 16.9 Å². The van der Waals surface area contributed by atoms with Gasteiger partial charge in [-0.15, -0.1) is 0 Å². The molecule has 0 saturated carbocycles. The topological polar surface area (TPSA) is 124 Å². The first kappa shape index (κ1) is 34.0. The lowest BCUT2D eigenvalue weighted by molar-refractivity contribution is -0.252. The molecule has 6 rings (SSSR count). The lowest BCUT2D eigenvalue weighted by atomic mass is 9.97. The number of aliphatic hydroxyl groups excluding tert-OH is 2. The summed E-state index contributed by atoms with van der Waals surface area (Å²) in [5, 5.41) is 33.2. The zero-order valence-corrected chi connectivity index (χ0v) is 27.4. The normalized spacial score (nSPS) is 18.2. The number of hydrogen-bond donors (Lipinski definition) is 4. The third kappa shape index (κ3) is 8.77. The molecule has 1 aliphatic rings. The van der Waals surface area contributed by atoms with Gasteiger partial charge in [-0.3, -0.25) is 9.78 Å². The molecule has 1 fully saturated rings. The predicted molar refractivity (Wildman–Crippen MR) is 186 cm³/mol. The quantitative estimate of drug-likeness (QED) is 0.127. The zero-order chi connectivity index (χ0) is 34.2. The molecule has 4 atom stereocenters. The smallest absolute Gasteiger partial charge is 0.253 e. The SMILES string of the molecule is CN(C[C@@H]1C[C@H](c2ccc(CO)cc2)O[C@H](c2ccc(-c3ccccc3CNC(=O)c3cccnc3)cc2)O1)C[C@@H](O)c1cccc(O)c1. The average Bonchev–Trinajstić information content (AvgIpc) is 3.14. The van der Waals surface area contributed by atoms with Crippen LogP contribution in [0.15, 0.2) is 122 Å². The Balaban J connectivity index is 1.17. The molecule has 1 amide bonds. The minimum Gasteiger partial charge on any atom is -0.508 e. The van der Waals surface area contributed by atoms with Crippen LogP contribution in [0.5, 0.6) is 5.75 Å². The van der Waals surface area contributed by atoms with Crippen LogP contribution in [0.1, 0.15) is 63.1 Å². The third-order valence-electron chi connectivity index (χ3n) is 8.74. The van der Waals surface area contributed by atoms with E-state index < -0.39 is 12.4 Å². The highest BCUT2D eigenvalue weighted by Gasteiger charge is 2.33. The second kappa shape index (κ2) is 16.0. The first-order valence-electron chi connectivity index (χ1n) is 16.4. The van der Waals surface area contributed by atoms with E-state index in [9.17, 15) is 20.1 Å². The van der Waals surface area contributed by atoms with Gasteiger partial charge in [0.15, 0.2) is 6.29 Å². The summed E-state index contributed by atoms with van der Waals surface area (Å²) in [6.45, 7) is 1.25. The largest absolute Gasteiger partial charge is 0.508 e. The minimum absolute atomic E-state index is 0.0289. The highest BCUT2D eigenvalue weighted by atomic mass is 16.7. The van der Waals surface area contributed by atoms with Gasteiger partial charge >= 0.3 is 0 Å². The number of aliphatic hydroxyl groups is 2. The zero-order valence-electron chi connectivity index (χ0n) is 27.4. The first-order chi connectivity index (χ1) is 23.9. The summed E-state index contributed by atoms with van der Waals surface area (Å²) in [6, 6.07) is 34.0. The van der Waals surface area contributed by atoms with Crippen LogP contribution in [-0.2, 0) is 22.6 Å². The predicted octanol–water partition coefficient (Wildman–Crippen LogP) is 6.09. The molecule has 4 N–H and O–H groups in total. The Morgan fingerprint density at radius 1 is 0.939 bits per heavy atom. The van der Waals surface area contributed by atoms with Crippen molar-refractivity contribution < 1.29 is 29.6 Å². The molecule has 252 valence electrons. The lowest BCUT2D eigenvalue weighted by Gasteiger charge is -2.38. The number of nitrogens with one attached hydrogen (secondary N) is 1. The van der Waals surface area contributed by atoms with Crippen molar-refractivity contribution >= 4 is 5.91 Å². The fraction of sp³-hybridized carbons (Fsp3) is 0.250. The number of phenolic OH excluding ortho intramolecular Hbond substituents is 1. The van der Waals surface area contributed by atoms with E-state index in [0.717, 1.165) is 33.4 Å². The molecule has 9 nitrogen and oxygen atoms in total. The molecule has 0 aliphatic carbocycles. The van der Waals surface area contributed by atoms with Gasteiger partial charge in [-0.25, -0.2) is 0 Å². The van der Waals surface area contributed by atoms with Crippen molar-refractivity contribution in [3.63, 3.8) is 0 Å². The number of phenols is 1. The second-order valence-electron chi connectivity index (χ2n) is 12.4. The summed E-state index contributed by atoms with van der Waals surface area (Å²) in [5.41, 5.74) is 6.86. The van der Waals surface area contributed by atoms with Crippen LogP contribution in [0.2, 0.25) is 0 Å². The van der Waals surface area contributed by atoms with E-state index in [1.807, 2.05) is 84.7 Å². The summed E-state index contributed by atoms with van der Waals surface area (Å²) in [7, 11) is 1.94. The van der Waals surface area contributed by atoms with Crippen LogP contribution in [0.3, 0.4) is 0 Å². The van der Waals surface area contributed by atoms with Crippen molar-refractivity contribution in [3.05, 3.63) is 155 Å². The number of carbonyl (C=O) groups is 1. The lowest BCUT2D eigenvalue weighted by Crippen LogP contribution is -2.39. The van der Waals surface area contributed by atoms with E-state index in [1.165, 1.54) is 0 Å². The monoisotopic (exact) mass is 659 g/mol. The second-order valence-corrected chi connectivity index (χ2v) is 12.4. The van der Waals surface area contributed by atoms with Gasteiger partial charge in [0.1, 0.15) is 5.75 Å². The van der Waals surface area contributed by atoms with Gasteiger partial charge in [-0.1, -0.05) is 84.9 Å². The number of amides is 1. The van der Waals surface area contributed by atoms with E-state index in [2.05, 4.69) is 10.3 Å². The van der Waals surface area contributed by atoms with E-state index in [-0.39, 0.29) is 30.5 Å². The molecule has 1 saturated heterocycles. The van der Waals surface area contributed by atoms with E-state index in [4.69, 9.17) is 9.47 Å². The molecule has 0 bridgehead atoms. The van der Waals surface area contributed by atoms with Crippen LogP contribution in [0.4, 0.5) is 0 Å². The molecule has 9 heteroatoms. The third-order valence-corrected chi connectivity index (χ3v) is 8.74. The summed E-state index contributed by atoms with van der Waals surface area (Å²) < 4.78 is 13.1. The Hall–Kier alpha value is -4.90. The first-order valence-corrected chi connectivity index (χ1v) is 16.4. The standard InChI is InChI=1S/C40H41N3O6/c1-43(25-37(46)31-7-4-9-34(45)20-31)24-35-21-38(29-13-11-27(26-44)12-14-29)49-40(48-35)30-17-15-28(16-18-30)36-10-3-2-6-32(36)23-42-39(47)33-8-5-19-41-22-33/h2-20,22,35,37-38,40,44-46H,21,23-26H2,1H3,(H,42,47)/t35-,37+,38+,40+/m0/s1. The summed E-state index contributed by atoms with van der Waals surface area (Å²) >= 11 is 0. The van der Waals surface area contributed by atoms with Crippen molar-refractivity contribution in [2.24, 2.45) is 0 Å². The number of ether oxygens (including phenoxy) is 2. The van der Waals surface area contributed by atoms with Crippen molar-refractivity contribution in [2.75, 3.05) is 20.1 Å². The molecule has 0 unspecified atom stereocenters. The molecule has 0 spiro atoms. The number of likely N-dealkylation sites (N-methyl/N-ethyl adjacent to an activating group) is 1. The van der Waals surface area contributed by atoms with Crippen molar-refractivity contribution in [1.82, 2.24) is 15.2 Å². The summed E-state index contributed by atoms with van der Waals surface area (Å²) in [6.07, 6.45) is 1.95. The van der Waals surface area contributed by atoms with Crippen LogP contribution in [-0.4, -0.2) is 57.4 Å². The van der Waals surface area contributed by atoms with Gasteiger partial charge < -0.3 is 35.0 Å². The molecular formula is C40H41N3O6. The maximum Gasteiger partial charge on any atom is 0.253 e. The molecule has 0 radical (unpaired) electrons. The fourth-order valence-electron chi connectivity index (χ4n) is 6.14. The molecule has 1 aliphatic heterocycles. The molecule has 49 heavy (non-hydrogen) atoms. The molecule has 2 heterocycles. The van der Waals surface area contributed by atoms with Gasteiger partial charge in [-0.05, 0) is 64.7 Å². The highest BCUT2D eigenvalue weighted by Crippen LogP contribution is 2.39. The number of aromatic nitrogens is 1. The Bertz CT molecular complexity index is 1820. The van der Waals surface area contributed by atoms with E-state index in [0.29, 0.717) is 37.2 Å². The summed E-state index contributed by atoms with van der Waals surface area (Å²) in [5.74, 6) is -0.0635. The molecule has 4 aromatic carbocycles. The van der Waals surface area contributed by atoms with Crippen molar-refractivity contribution in [1.29, 1.82) is 0 Å². The van der Waals surface area contributed by atoms with Gasteiger partial charge in [0, 0.05) is 44.0 Å². The Morgan fingerprint density at radius 3 is 2.45 bits per heavy atom. The Kier molecular flexibility index (Phi) is 11.1.